The molecule has 2 aromatic rings. The lowest BCUT2D eigenvalue weighted by Gasteiger charge is -2.11. The fourth-order valence-corrected chi connectivity index (χ4v) is 2.66. The quantitative estimate of drug-likeness (QED) is 0.714. The van der Waals surface area contributed by atoms with E-state index < -0.39 is 11.7 Å². The second-order valence-electron chi connectivity index (χ2n) is 4.13. The molecule has 0 spiro atoms. The van der Waals surface area contributed by atoms with Gasteiger partial charge in [-0.15, -0.1) is 0 Å². The van der Waals surface area contributed by atoms with Crippen molar-refractivity contribution in [1.82, 2.24) is 0 Å². The van der Waals surface area contributed by atoms with Crippen molar-refractivity contribution in [3.63, 3.8) is 0 Å². The van der Waals surface area contributed by atoms with Crippen LogP contribution in [0, 0.1) is 5.82 Å². The van der Waals surface area contributed by atoms with Gasteiger partial charge in [-0.3, -0.25) is 4.79 Å². The molecule has 0 bridgehead atoms. The Morgan fingerprint density at radius 2 is 1.86 bits per heavy atom. The van der Waals surface area contributed by atoms with E-state index in [1.54, 1.807) is 18.2 Å². The molecule has 0 unspecified atom stereocenters. The summed E-state index contributed by atoms with van der Waals surface area (Å²) in [6, 6.07) is 9.03. The fraction of sp³-hybridized carbons (Fsp3) is 0. The van der Waals surface area contributed by atoms with E-state index in [9.17, 15) is 9.18 Å². The molecule has 3 nitrogen and oxygen atoms in total. The summed E-state index contributed by atoms with van der Waals surface area (Å²) in [6.07, 6.45) is 0. The van der Waals surface area contributed by atoms with Crippen molar-refractivity contribution in [2.45, 2.75) is 0 Å². The van der Waals surface area contributed by atoms with Gasteiger partial charge in [0.25, 0.3) is 5.91 Å². The highest BCUT2D eigenvalue weighted by molar-refractivity contribution is 9.10. The molecular formula is C14H9Br2FN2OS. The van der Waals surface area contributed by atoms with Crippen LogP contribution in [0.3, 0.4) is 0 Å². The number of anilines is 1. The fourth-order valence-electron chi connectivity index (χ4n) is 1.70. The second-order valence-corrected chi connectivity index (χ2v) is 6.34. The number of rotatable bonds is 3. The highest BCUT2D eigenvalue weighted by Gasteiger charge is 2.14. The minimum atomic E-state index is -0.493. The van der Waals surface area contributed by atoms with Crippen molar-refractivity contribution in [3.05, 3.63) is 62.3 Å². The summed E-state index contributed by atoms with van der Waals surface area (Å²) in [4.78, 5) is 12.4. The molecule has 0 heterocycles. The third-order valence-corrected chi connectivity index (χ3v) is 4.07. The molecular weight excluding hydrogens is 423 g/mol. The van der Waals surface area contributed by atoms with E-state index in [0.717, 1.165) is 10.5 Å². The molecule has 3 N–H and O–H groups in total. The van der Waals surface area contributed by atoms with Crippen LogP contribution in [-0.4, -0.2) is 10.9 Å². The van der Waals surface area contributed by atoms with Crippen molar-refractivity contribution in [2.24, 2.45) is 5.73 Å². The average Bonchev–Trinajstić information content (AvgIpc) is 2.41. The average molecular weight is 432 g/mol. The molecule has 0 fully saturated rings. The van der Waals surface area contributed by atoms with Gasteiger partial charge in [0.2, 0.25) is 0 Å². The van der Waals surface area contributed by atoms with Gasteiger partial charge in [-0.05, 0) is 52.3 Å². The van der Waals surface area contributed by atoms with E-state index in [1.165, 1.54) is 12.1 Å². The zero-order valence-corrected chi connectivity index (χ0v) is 14.5. The lowest BCUT2D eigenvalue weighted by atomic mass is 10.1. The molecule has 0 aromatic heterocycles. The molecule has 2 aromatic carbocycles. The molecule has 7 heteroatoms. The minimum absolute atomic E-state index is 0.163. The van der Waals surface area contributed by atoms with Gasteiger partial charge in [-0.2, -0.15) is 0 Å². The highest BCUT2D eigenvalue weighted by Crippen LogP contribution is 2.24. The Kier molecular flexibility index (Phi) is 5.08. The van der Waals surface area contributed by atoms with Crippen LogP contribution in [0.5, 0.6) is 0 Å². The Labute approximate surface area is 143 Å². The Balaban J connectivity index is 2.38. The van der Waals surface area contributed by atoms with E-state index >= 15 is 0 Å². The first-order valence-electron chi connectivity index (χ1n) is 5.74. The summed E-state index contributed by atoms with van der Waals surface area (Å²) in [5.74, 6) is -0.955. The Morgan fingerprint density at radius 3 is 2.52 bits per heavy atom. The summed E-state index contributed by atoms with van der Waals surface area (Å²) in [5.41, 5.74) is 6.81. The van der Waals surface area contributed by atoms with Crippen LogP contribution in [-0.2, 0) is 0 Å². The van der Waals surface area contributed by atoms with Crippen molar-refractivity contribution >= 4 is 60.7 Å². The van der Waals surface area contributed by atoms with Crippen LogP contribution >= 0.6 is 44.1 Å². The number of hydrogen-bond acceptors (Lipinski definition) is 2. The molecule has 21 heavy (non-hydrogen) atoms. The van der Waals surface area contributed by atoms with Crippen LogP contribution < -0.4 is 11.1 Å². The highest BCUT2D eigenvalue weighted by atomic mass is 79.9. The third kappa shape index (κ3) is 3.87. The van der Waals surface area contributed by atoms with E-state index in [0.29, 0.717) is 15.7 Å². The minimum Gasteiger partial charge on any atom is -0.389 e. The molecule has 0 aliphatic rings. The van der Waals surface area contributed by atoms with Crippen LogP contribution in [0.1, 0.15) is 15.9 Å². The number of carbonyl (C=O) groups is 1. The number of amides is 1. The van der Waals surface area contributed by atoms with Gasteiger partial charge < -0.3 is 11.1 Å². The molecule has 0 radical (unpaired) electrons. The molecule has 1 amide bonds. The molecule has 0 aliphatic heterocycles. The van der Waals surface area contributed by atoms with Crippen molar-refractivity contribution in [1.29, 1.82) is 0 Å². The van der Waals surface area contributed by atoms with E-state index in [1.807, 2.05) is 0 Å². The maximum absolute atomic E-state index is 13.3. The zero-order chi connectivity index (χ0) is 15.6. The van der Waals surface area contributed by atoms with Gasteiger partial charge >= 0.3 is 0 Å². The molecule has 0 atom stereocenters. The number of nitrogens with two attached hydrogens (primary N) is 1. The van der Waals surface area contributed by atoms with Crippen LogP contribution in [0.25, 0.3) is 0 Å². The smallest absolute Gasteiger partial charge is 0.256 e. The summed E-state index contributed by atoms with van der Waals surface area (Å²) in [7, 11) is 0. The van der Waals surface area contributed by atoms with Crippen molar-refractivity contribution in [3.8, 4) is 0 Å². The maximum atomic E-state index is 13.3. The lowest BCUT2D eigenvalue weighted by molar-refractivity contribution is 0.102. The Morgan fingerprint density at radius 1 is 1.14 bits per heavy atom. The monoisotopic (exact) mass is 430 g/mol. The van der Waals surface area contributed by atoms with Crippen LogP contribution in [0.2, 0.25) is 0 Å². The zero-order valence-electron chi connectivity index (χ0n) is 10.5. The predicted molar refractivity (Wildman–Crippen MR) is 92.1 cm³/mol. The van der Waals surface area contributed by atoms with Crippen LogP contribution in [0.4, 0.5) is 10.1 Å². The van der Waals surface area contributed by atoms with Gasteiger partial charge in [0.15, 0.2) is 0 Å². The first-order chi connectivity index (χ1) is 9.88. The number of thiocarbonyl (C=S) groups is 1. The number of nitrogens with one attached hydrogen (secondary N) is 1. The lowest BCUT2D eigenvalue weighted by Crippen LogP contribution is -2.18. The number of halogens is 3. The summed E-state index contributed by atoms with van der Waals surface area (Å²) >= 11 is 11.5. The van der Waals surface area contributed by atoms with E-state index in [2.05, 4.69) is 37.2 Å². The van der Waals surface area contributed by atoms with Gasteiger partial charge in [-0.25, -0.2) is 4.39 Å². The molecule has 0 saturated carbocycles. The first-order valence-corrected chi connectivity index (χ1v) is 7.73. The molecule has 0 saturated heterocycles. The number of hydrogen-bond donors (Lipinski definition) is 2. The molecule has 0 aliphatic carbocycles. The maximum Gasteiger partial charge on any atom is 0.256 e. The second kappa shape index (κ2) is 6.64. The topological polar surface area (TPSA) is 55.1 Å². The first kappa shape index (κ1) is 16.1. The number of benzene rings is 2. The predicted octanol–water partition coefficient (Wildman–Crippen LogP) is 4.24. The summed E-state index contributed by atoms with van der Waals surface area (Å²) in [5, 5.41) is 2.68. The SMILES string of the molecule is NC(=S)c1ccc(Br)cc1NC(=O)c1cc(F)ccc1Br. The summed E-state index contributed by atoms with van der Waals surface area (Å²) < 4.78 is 14.5. The normalized spacial score (nSPS) is 10.2. The Bertz CT molecular complexity index is 737. The molecule has 108 valence electrons. The standard InChI is InChI=1S/C14H9Br2FN2OS/c15-7-1-3-9(13(18)21)12(5-7)19-14(20)10-6-8(17)2-4-11(10)16/h1-6H,(H2,18,21)(H,19,20). The van der Waals surface area contributed by atoms with Gasteiger partial charge in [0, 0.05) is 14.5 Å². The van der Waals surface area contributed by atoms with Crippen molar-refractivity contribution in [2.75, 3.05) is 5.32 Å². The molecule has 2 rings (SSSR count). The summed E-state index contributed by atoms with van der Waals surface area (Å²) in [6.45, 7) is 0. The number of carbonyl (C=O) groups excluding carboxylic acids is 1. The van der Waals surface area contributed by atoms with Gasteiger partial charge in [0.05, 0.1) is 11.3 Å². The Hall–Kier alpha value is -1.31. The third-order valence-electron chi connectivity index (χ3n) is 2.67. The van der Waals surface area contributed by atoms with E-state index in [-0.39, 0.29) is 10.6 Å². The van der Waals surface area contributed by atoms with Crippen LogP contribution in [0.15, 0.2) is 45.3 Å². The van der Waals surface area contributed by atoms with Gasteiger partial charge in [0.1, 0.15) is 10.8 Å². The largest absolute Gasteiger partial charge is 0.389 e. The van der Waals surface area contributed by atoms with Gasteiger partial charge in [-0.1, -0.05) is 28.1 Å². The van der Waals surface area contributed by atoms with Crippen molar-refractivity contribution < 1.29 is 9.18 Å². The van der Waals surface area contributed by atoms with E-state index in [4.69, 9.17) is 18.0 Å².